The molecule has 0 unspecified atom stereocenters. The van der Waals surface area contributed by atoms with Gasteiger partial charge in [-0.15, -0.1) is 0 Å². The normalized spacial score (nSPS) is 19.9. The average Bonchev–Trinajstić information content (AvgIpc) is 2.46. The minimum Gasteiger partial charge on any atom is -0.476 e. The van der Waals surface area contributed by atoms with Crippen LogP contribution in [0.15, 0.2) is 30.5 Å². The summed E-state index contributed by atoms with van der Waals surface area (Å²) in [6, 6.07) is 7.84. The summed E-state index contributed by atoms with van der Waals surface area (Å²) in [5, 5.41) is 3.38. The molecule has 0 aliphatic carbocycles. The maximum absolute atomic E-state index is 5.74. The van der Waals surface area contributed by atoms with Crippen molar-refractivity contribution in [2.75, 3.05) is 19.7 Å². The standard InChI is InChI=1S/C14H17N3O/c1-2-6-13-12(5-1)16-9-14(17-13)18-10-11-4-3-7-15-8-11/h1-2,5-6,9,11,15H,3-4,7-8,10H2/t11-/m1/s1. The first-order valence-electron chi connectivity index (χ1n) is 6.47. The number of nitrogens with zero attached hydrogens (tertiary/aromatic N) is 2. The Labute approximate surface area is 106 Å². The molecule has 0 spiro atoms. The Balaban J connectivity index is 1.66. The van der Waals surface area contributed by atoms with Crippen LogP contribution in [0, 0.1) is 5.92 Å². The summed E-state index contributed by atoms with van der Waals surface area (Å²) in [4.78, 5) is 8.80. The topological polar surface area (TPSA) is 47.0 Å². The maximum Gasteiger partial charge on any atom is 0.232 e. The van der Waals surface area contributed by atoms with Crippen LogP contribution in [-0.2, 0) is 0 Å². The molecule has 1 aliphatic rings. The largest absolute Gasteiger partial charge is 0.476 e. The Bertz CT molecular complexity index is 523. The molecule has 1 aliphatic heterocycles. The van der Waals surface area contributed by atoms with E-state index in [1.807, 2.05) is 24.3 Å². The molecule has 0 bridgehead atoms. The van der Waals surface area contributed by atoms with Crippen LogP contribution in [0.3, 0.4) is 0 Å². The Morgan fingerprint density at radius 2 is 2.17 bits per heavy atom. The molecule has 94 valence electrons. The highest BCUT2D eigenvalue weighted by molar-refractivity contribution is 5.73. The van der Waals surface area contributed by atoms with Crippen molar-refractivity contribution in [1.82, 2.24) is 15.3 Å². The summed E-state index contributed by atoms with van der Waals surface area (Å²) in [6.07, 6.45) is 4.17. The van der Waals surface area contributed by atoms with Crippen molar-refractivity contribution in [2.24, 2.45) is 5.92 Å². The number of para-hydroxylation sites is 2. The van der Waals surface area contributed by atoms with Crippen molar-refractivity contribution in [2.45, 2.75) is 12.8 Å². The third-order valence-corrected chi connectivity index (χ3v) is 3.29. The molecule has 0 saturated carbocycles. The maximum atomic E-state index is 5.74. The molecule has 1 atom stereocenters. The van der Waals surface area contributed by atoms with E-state index in [9.17, 15) is 0 Å². The van der Waals surface area contributed by atoms with Gasteiger partial charge in [-0.3, -0.25) is 0 Å². The van der Waals surface area contributed by atoms with E-state index in [1.165, 1.54) is 12.8 Å². The first-order valence-corrected chi connectivity index (χ1v) is 6.47. The number of hydrogen-bond donors (Lipinski definition) is 1. The lowest BCUT2D eigenvalue weighted by Gasteiger charge is -2.22. The van der Waals surface area contributed by atoms with Crippen molar-refractivity contribution < 1.29 is 4.74 Å². The minimum absolute atomic E-state index is 0.590. The van der Waals surface area contributed by atoms with Crippen molar-refractivity contribution in [3.8, 4) is 5.88 Å². The van der Waals surface area contributed by atoms with Gasteiger partial charge in [-0.05, 0) is 31.5 Å². The Kier molecular flexibility index (Phi) is 3.37. The minimum atomic E-state index is 0.590. The zero-order valence-corrected chi connectivity index (χ0v) is 10.3. The zero-order chi connectivity index (χ0) is 12.2. The molecule has 0 radical (unpaired) electrons. The lowest BCUT2D eigenvalue weighted by molar-refractivity contribution is 0.212. The van der Waals surface area contributed by atoms with Gasteiger partial charge in [-0.1, -0.05) is 12.1 Å². The van der Waals surface area contributed by atoms with Gasteiger partial charge in [0.05, 0.1) is 23.8 Å². The smallest absolute Gasteiger partial charge is 0.232 e. The molecule has 3 rings (SSSR count). The molecule has 1 fully saturated rings. The van der Waals surface area contributed by atoms with Gasteiger partial charge in [0.1, 0.15) is 0 Å². The number of piperidine rings is 1. The number of benzene rings is 1. The van der Waals surface area contributed by atoms with Gasteiger partial charge >= 0.3 is 0 Å². The molecule has 4 heteroatoms. The number of ether oxygens (including phenoxy) is 1. The van der Waals surface area contributed by atoms with Gasteiger partial charge in [0.2, 0.25) is 5.88 Å². The lowest BCUT2D eigenvalue weighted by atomic mass is 10.0. The van der Waals surface area contributed by atoms with Crippen LogP contribution in [0.5, 0.6) is 5.88 Å². The summed E-state index contributed by atoms with van der Waals surface area (Å²) < 4.78 is 5.74. The van der Waals surface area contributed by atoms with Crippen LogP contribution in [0.25, 0.3) is 11.0 Å². The van der Waals surface area contributed by atoms with Crippen LogP contribution in [0.4, 0.5) is 0 Å². The van der Waals surface area contributed by atoms with E-state index in [4.69, 9.17) is 4.74 Å². The molecular formula is C14H17N3O. The number of fused-ring (bicyclic) bond motifs is 1. The number of aromatic nitrogens is 2. The second-order valence-corrected chi connectivity index (χ2v) is 4.72. The first kappa shape index (κ1) is 11.4. The van der Waals surface area contributed by atoms with Gasteiger partial charge in [-0.25, -0.2) is 9.97 Å². The first-order chi connectivity index (χ1) is 8.92. The molecule has 0 amide bonds. The average molecular weight is 243 g/mol. The van der Waals surface area contributed by atoms with Gasteiger partial charge in [0, 0.05) is 12.5 Å². The fourth-order valence-electron chi connectivity index (χ4n) is 2.28. The van der Waals surface area contributed by atoms with E-state index >= 15 is 0 Å². The van der Waals surface area contributed by atoms with E-state index < -0.39 is 0 Å². The van der Waals surface area contributed by atoms with Gasteiger partial charge in [0.15, 0.2) is 0 Å². The SMILES string of the molecule is c1ccc2nc(OC[C@@H]3CCCNC3)cnc2c1. The second-order valence-electron chi connectivity index (χ2n) is 4.72. The summed E-state index contributed by atoms with van der Waals surface area (Å²) in [5.74, 6) is 1.21. The number of nitrogens with one attached hydrogen (secondary N) is 1. The van der Waals surface area contributed by atoms with E-state index in [2.05, 4.69) is 15.3 Å². The highest BCUT2D eigenvalue weighted by atomic mass is 16.5. The molecule has 1 aromatic heterocycles. The molecule has 18 heavy (non-hydrogen) atoms. The van der Waals surface area contributed by atoms with Crippen molar-refractivity contribution in [1.29, 1.82) is 0 Å². The van der Waals surface area contributed by atoms with E-state index in [-0.39, 0.29) is 0 Å². The summed E-state index contributed by atoms with van der Waals surface area (Å²) >= 11 is 0. The Morgan fingerprint density at radius 3 is 3.00 bits per heavy atom. The van der Waals surface area contributed by atoms with Crippen LogP contribution in [0.1, 0.15) is 12.8 Å². The third-order valence-electron chi connectivity index (χ3n) is 3.29. The lowest BCUT2D eigenvalue weighted by Crippen LogP contribution is -2.33. The summed E-state index contributed by atoms with van der Waals surface area (Å²) in [7, 11) is 0. The molecular weight excluding hydrogens is 226 g/mol. The second kappa shape index (κ2) is 5.31. The van der Waals surface area contributed by atoms with Crippen LogP contribution < -0.4 is 10.1 Å². The molecule has 2 heterocycles. The number of rotatable bonds is 3. The fourth-order valence-corrected chi connectivity index (χ4v) is 2.28. The monoisotopic (exact) mass is 243 g/mol. The van der Waals surface area contributed by atoms with E-state index in [0.29, 0.717) is 11.8 Å². The van der Waals surface area contributed by atoms with E-state index in [1.54, 1.807) is 6.20 Å². The van der Waals surface area contributed by atoms with Crippen molar-refractivity contribution >= 4 is 11.0 Å². The number of hydrogen-bond acceptors (Lipinski definition) is 4. The fraction of sp³-hybridized carbons (Fsp3) is 0.429. The summed E-state index contributed by atoms with van der Waals surface area (Å²) in [5.41, 5.74) is 1.79. The molecule has 1 saturated heterocycles. The van der Waals surface area contributed by atoms with Crippen molar-refractivity contribution in [3.05, 3.63) is 30.5 Å². The Hall–Kier alpha value is -1.68. The van der Waals surface area contributed by atoms with Crippen LogP contribution >= 0.6 is 0 Å². The van der Waals surface area contributed by atoms with Crippen LogP contribution in [0.2, 0.25) is 0 Å². The summed E-state index contributed by atoms with van der Waals surface area (Å²) in [6.45, 7) is 2.90. The predicted octanol–water partition coefficient (Wildman–Crippen LogP) is 2.01. The zero-order valence-electron chi connectivity index (χ0n) is 10.3. The molecule has 1 N–H and O–H groups in total. The molecule has 2 aromatic rings. The molecule has 4 nitrogen and oxygen atoms in total. The predicted molar refractivity (Wildman–Crippen MR) is 70.6 cm³/mol. The van der Waals surface area contributed by atoms with Gasteiger partial charge in [-0.2, -0.15) is 0 Å². The highest BCUT2D eigenvalue weighted by Crippen LogP contribution is 2.15. The quantitative estimate of drug-likeness (QED) is 0.895. The third kappa shape index (κ3) is 2.59. The van der Waals surface area contributed by atoms with Gasteiger partial charge < -0.3 is 10.1 Å². The highest BCUT2D eigenvalue weighted by Gasteiger charge is 2.13. The van der Waals surface area contributed by atoms with Crippen molar-refractivity contribution in [3.63, 3.8) is 0 Å². The van der Waals surface area contributed by atoms with E-state index in [0.717, 1.165) is 30.7 Å². The molecule has 1 aromatic carbocycles. The van der Waals surface area contributed by atoms with Crippen LogP contribution in [-0.4, -0.2) is 29.7 Å². The van der Waals surface area contributed by atoms with Gasteiger partial charge in [0.25, 0.3) is 0 Å². The Morgan fingerprint density at radius 1 is 1.28 bits per heavy atom.